The highest BCUT2D eigenvalue weighted by atomic mass is 16.3. The summed E-state index contributed by atoms with van der Waals surface area (Å²) < 4.78 is 1.80. The number of nitrogens with one attached hydrogen (secondary N) is 1. The molecule has 33 heavy (non-hydrogen) atoms. The lowest BCUT2D eigenvalue weighted by atomic mass is 9.86. The topological polar surface area (TPSA) is 151 Å². The monoisotopic (exact) mass is 454 g/mol. The maximum absolute atomic E-state index is 13.3. The summed E-state index contributed by atoms with van der Waals surface area (Å²) in [6, 6.07) is 15.3. The molecule has 3 heterocycles. The van der Waals surface area contributed by atoms with Gasteiger partial charge in [0.15, 0.2) is 5.82 Å². The maximum Gasteiger partial charge on any atom is 0.290 e. The highest BCUT2D eigenvalue weighted by molar-refractivity contribution is 5.96. The van der Waals surface area contributed by atoms with E-state index in [1.54, 1.807) is 10.9 Å². The number of aryl methyl sites for hydroxylation is 1. The van der Waals surface area contributed by atoms with Crippen LogP contribution in [0.15, 0.2) is 60.9 Å². The number of piperidine rings is 1. The van der Waals surface area contributed by atoms with E-state index in [-0.39, 0.29) is 18.9 Å². The number of para-hydroxylation sites is 1. The molecule has 1 aliphatic heterocycles. The Morgan fingerprint density at radius 3 is 2.15 bits per heavy atom. The number of aromatic nitrogens is 4. The molecule has 0 saturated carbocycles. The molecule has 0 unspecified atom stereocenters. The molecule has 4 rings (SSSR count). The van der Waals surface area contributed by atoms with E-state index in [1.165, 1.54) is 0 Å². The molecular formula is C22H26N6O5. The lowest BCUT2D eigenvalue weighted by molar-refractivity contribution is -0.126. The molecule has 1 fully saturated rings. The molecule has 3 aromatic rings. The van der Waals surface area contributed by atoms with Crippen LogP contribution < -0.4 is 10.2 Å². The van der Waals surface area contributed by atoms with Crippen molar-refractivity contribution in [2.45, 2.75) is 25.3 Å². The standard InChI is InChI=1S/C20H22N6O.2CH2O2/c1-16-8-9-18(24-23-16)25-14-10-20(11-15-25,26-13-5-12-21-26)19(27)22-17-6-3-2-4-7-17;2*2-1-3/h2-9,12-13H,10-11,14-15H2,1H3,(H,22,27);2*1H,(H,2,3). The van der Waals surface area contributed by atoms with Gasteiger partial charge in [0.25, 0.3) is 18.9 Å². The van der Waals surface area contributed by atoms with Crippen molar-refractivity contribution in [1.82, 2.24) is 20.0 Å². The van der Waals surface area contributed by atoms with E-state index >= 15 is 0 Å². The molecule has 2 aromatic heterocycles. The van der Waals surface area contributed by atoms with Crippen LogP contribution in [0.5, 0.6) is 0 Å². The molecule has 1 saturated heterocycles. The quantitative estimate of drug-likeness (QED) is 0.503. The minimum Gasteiger partial charge on any atom is -0.483 e. The van der Waals surface area contributed by atoms with Crippen molar-refractivity contribution in [1.29, 1.82) is 0 Å². The van der Waals surface area contributed by atoms with Crippen LogP contribution in [0.4, 0.5) is 11.5 Å². The average molecular weight is 454 g/mol. The summed E-state index contributed by atoms with van der Waals surface area (Å²) in [5.41, 5.74) is 0.971. The molecule has 1 aliphatic rings. The van der Waals surface area contributed by atoms with Gasteiger partial charge >= 0.3 is 0 Å². The number of hydrogen-bond donors (Lipinski definition) is 3. The normalized spacial score (nSPS) is 13.9. The summed E-state index contributed by atoms with van der Waals surface area (Å²) in [5, 5.41) is 29.6. The van der Waals surface area contributed by atoms with Crippen molar-refractivity contribution in [2.75, 3.05) is 23.3 Å². The van der Waals surface area contributed by atoms with Crippen LogP contribution in [0.25, 0.3) is 0 Å². The van der Waals surface area contributed by atoms with Crippen LogP contribution in [0.1, 0.15) is 18.5 Å². The molecule has 0 radical (unpaired) electrons. The third-order valence-electron chi connectivity index (χ3n) is 5.10. The number of amides is 1. The van der Waals surface area contributed by atoms with Gasteiger partial charge in [-0.25, -0.2) is 0 Å². The van der Waals surface area contributed by atoms with Gasteiger partial charge in [-0.1, -0.05) is 18.2 Å². The number of carbonyl (C=O) groups is 3. The number of rotatable bonds is 4. The zero-order chi connectivity index (χ0) is 24.1. The lowest BCUT2D eigenvalue weighted by Gasteiger charge is -2.41. The molecule has 1 aromatic carbocycles. The average Bonchev–Trinajstić information content (AvgIpc) is 3.37. The summed E-state index contributed by atoms with van der Waals surface area (Å²) in [7, 11) is 0. The predicted molar refractivity (Wildman–Crippen MR) is 121 cm³/mol. The molecule has 0 atom stereocenters. The first-order chi connectivity index (χ1) is 16.0. The van der Waals surface area contributed by atoms with Crippen LogP contribution in [0.3, 0.4) is 0 Å². The Kier molecular flexibility index (Phi) is 9.50. The third kappa shape index (κ3) is 6.60. The predicted octanol–water partition coefficient (Wildman–Crippen LogP) is 2.02. The Morgan fingerprint density at radius 1 is 1.00 bits per heavy atom. The zero-order valence-electron chi connectivity index (χ0n) is 18.1. The Morgan fingerprint density at radius 2 is 1.64 bits per heavy atom. The minimum absolute atomic E-state index is 0.0351. The van der Waals surface area contributed by atoms with Crippen molar-refractivity contribution in [3.63, 3.8) is 0 Å². The van der Waals surface area contributed by atoms with Crippen LogP contribution in [0.2, 0.25) is 0 Å². The van der Waals surface area contributed by atoms with E-state index in [9.17, 15) is 4.79 Å². The molecule has 174 valence electrons. The molecule has 0 spiro atoms. The first-order valence-corrected chi connectivity index (χ1v) is 10.1. The van der Waals surface area contributed by atoms with E-state index in [4.69, 9.17) is 19.8 Å². The van der Waals surface area contributed by atoms with E-state index in [0.29, 0.717) is 25.9 Å². The van der Waals surface area contributed by atoms with Crippen LogP contribution in [-0.4, -0.2) is 62.1 Å². The van der Waals surface area contributed by atoms with E-state index in [0.717, 1.165) is 17.2 Å². The van der Waals surface area contributed by atoms with E-state index < -0.39 is 5.54 Å². The number of carbonyl (C=O) groups excluding carboxylic acids is 1. The van der Waals surface area contributed by atoms with Crippen molar-refractivity contribution in [2.24, 2.45) is 0 Å². The zero-order valence-corrected chi connectivity index (χ0v) is 18.1. The summed E-state index contributed by atoms with van der Waals surface area (Å²) in [6.45, 7) is 2.84. The molecule has 11 nitrogen and oxygen atoms in total. The van der Waals surface area contributed by atoms with Crippen LogP contribution >= 0.6 is 0 Å². The summed E-state index contributed by atoms with van der Waals surface area (Å²) in [4.78, 5) is 32.2. The number of anilines is 2. The minimum atomic E-state index is -0.714. The Hall–Kier alpha value is -4.28. The third-order valence-corrected chi connectivity index (χ3v) is 5.10. The second-order valence-electron chi connectivity index (χ2n) is 7.03. The second-order valence-corrected chi connectivity index (χ2v) is 7.03. The van der Waals surface area contributed by atoms with Gasteiger partial charge in [-0.15, -0.1) is 5.10 Å². The molecule has 0 bridgehead atoms. The SMILES string of the molecule is Cc1ccc(N2CCC(C(=O)Nc3ccccc3)(n3cccn3)CC2)nn1.O=CO.O=CO. The molecule has 1 amide bonds. The van der Waals surface area contributed by atoms with Gasteiger partial charge in [0, 0.05) is 31.2 Å². The number of nitrogens with zero attached hydrogens (tertiary/aromatic N) is 5. The van der Waals surface area contributed by atoms with Crippen molar-refractivity contribution in [3.8, 4) is 0 Å². The van der Waals surface area contributed by atoms with Gasteiger partial charge in [-0.3, -0.25) is 19.1 Å². The van der Waals surface area contributed by atoms with E-state index in [1.807, 2.05) is 61.7 Å². The highest BCUT2D eigenvalue weighted by Gasteiger charge is 2.44. The molecular weight excluding hydrogens is 428 g/mol. The van der Waals surface area contributed by atoms with Crippen molar-refractivity contribution < 1.29 is 24.6 Å². The smallest absolute Gasteiger partial charge is 0.290 e. The summed E-state index contributed by atoms with van der Waals surface area (Å²) in [6.07, 6.45) is 4.87. The summed E-state index contributed by atoms with van der Waals surface area (Å²) >= 11 is 0. The fourth-order valence-electron chi connectivity index (χ4n) is 3.52. The summed E-state index contributed by atoms with van der Waals surface area (Å²) in [5.74, 6) is 0.810. The van der Waals surface area contributed by atoms with Crippen molar-refractivity contribution in [3.05, 3.63) is 66.6 Å². The van der Waals surface area contributed by atoms with Gasteiger partial charge in [0.2, 0.25) is 0 Å². The largest absolute Gasteiger partial charge is 0.483 e. The second kappa shape index (κ2) is 12.5. The van der Waals surface area contributed by atoms with Gasteiger partial charge in [0.1, 0.15) is 5.54 Å². The number of carboxylic acid groups (broad SMARTS) is 2. The first-order valence-electron chi connectivity index (χ1n) is 10.1. The molecule has 3 N–H and O–H groups in total. The fourth-order valence-corrected chi connectivity index (χ4v) is 3.52. The van der Waals surface area contributed by atoms with Gasteiger partial charge in [0.05, 0.1) is 5.69 Å². The van der Waals surface area contributed by atoms with Gasteiger partial charge < -0.3 is 20.4 Å². The number of hydrogen-bond acceptors (Lipinski definition) is 7. The molecule has 0 aliphatic carbocycles. The highest BCUT2D eigenvalue weighted by Crippen LogP contribution is 2.32. The van der Waals surface area contributed by atoms with Crippen LogP contribution in [0, 0.1) is 6.92 Å². The van der Waals surface area contributed by atoms with Crippen molar-refractivity contribution >= 4 is 30.4 Å². The maximum atomic E-state index is 13.3. The Balaban J connectivity index is 0.000000582. The van der Waals surface area contributed by atoms with Gasteiger partial charge in [-0.05, 0) is 50.1 Å². The Labute approximate surface area is 190 Å². The first kappa shape index (κ1) is 25.0. The lowest BCUT2D eigenvalue weighted by Crippen LogP contribution is -2.53. The van der Waals surface area contributed by atoms with E-state index in [2.05, 4.69) is 25.5 Å². The number of benzene rings is 1. The molecule has 11 heteroatoms. The Bertz CT molecular complexity index is 982. The van der Waals surface area contributed by atoms with Crippen LogP contribution in [-0.2, 0) is 19.9 Å². The fraction of sp³-hybridized carbons (Fsp3) is 0.273. The van der Waals surface area contributed by atoms with Gasteiger partial charge in [-0.2, -0.15) is 10.2 Å².